The number of hydrogen-bond acceptors (Lipinski definition) is 5. The highest BCUT2D eigenvalue weighted by Crippen LogP contribution is 2.15. The van der Waals surface area contributed by atoms with Crippen molar-refractivity contribution >= 4 is 22.5 Å². The minimum atomic E-state index is -0.100. The van der Waals surface area contributed by atoms with E-state index in [1.165, 1.54) is 5.69 Å². The maximum atomic E-state index is 12.8. The van der Waals surface area contributed by atoms with Crippen LogP contribution in [0.3, 0.4) is 0 Å². The van der Waals surface area contributed by atoms with Crippen molar-refractivity contribution in [3.8, 4) is 0 Å². The zero-order valence-corrected chi connectivity index (χ0v) is 15.5. The van der Waals surface area contributed by atoms with E-state index in [2.05, 4.69) is 39.4 Å². The summed E-state index contributed by atoms with van der Waals surface area (Å²) in [6.07, 6.45) is 4.30. The highest BCUT2D eigenvalue weighted by atomic mass is 16.1. The molecule has 0 atom stereocenters. The zero-order chi connectivity index (χ0) is 18.5. The third-order valence-corrected chi connectivity index (χ3v) is 4.37. The van der Waals surface area contributed by atoms with Gasteiger partial charge in [-0.3, -0.25) is 14.3 Å². The van der Waals surface area contributed by atoms with Crippen LogP contribution in [0.25, 0.3) is 11.0 Å². The van der Waals surface area contributed by atoms with Gasteiger partial charge in [-0.05, 0) is 38.5 Å². The lowest BCUT2D eigenvalue weighted by Crippen LogP contribution is -2.28. The number of rotatable bonds is 7. The second-order valence-corrected chi connectivity index (χ2v) is 6.63. The second-order valence-electron chi connectivity index (χ2n) is 6.63. The average molecular weight is 351 g/mol. The van der Waals surface area contributed by atoms with E-state index in [-0.39, 0.29) is 11.6 Å². The summed E-state index contributed by atoms with van der Waals surface area (Å²) in [6.45, 7) is 5.57. The second kappa shape index (κ2) is 7.99. The molecule has 6 heteroatoms. The molecule has 3 rings (SSSR count). The Bertz CT molecular complexity index is 920. The lowest BCUT2D eigenvalue weighted by Gasteiger charge is -2.19. The Morgan fingerprint density at radius 3 is 2.69 bits per heavy atom. The van der Waals surface area contributed by atoms with Crippen molar-refractivity contribution in [2.45, 2.75) is 26.3 Å². The summed E-state index contributed by atoms with van der Waals surface area (Å²) in [5.74, 6) is 0.403. The minimum Gasteiger partial charge on any atom is -0.375 e. The fourth-order valence-electron chi connectivity index (χ4n) is 3.01. The molecule has 2 heterocycles. The average Bonchev–Trinajstić information content (AvgIpc) is 2.65. The van der Waals surface area contributed by atoms with Crippen molar-refractivity contribution in [2.75, 3.05) is 30.4 Å². The number of pyridine rings is 1. The van der Waals surface area contributed by atoms with Crippen LogP contribution in [0.5, 0.6) is 0 Å². The van der Waals surface area contributed by atoms with Gasteiger partial charge in [0.1, 0.15) is 0 Å². The first kappa shape index (κ1) is 17.9. The van der Waals surface area contributed by atoms with Crippen LogP contribution in [-0.4, -0.2) is 34.7 Å². The third kappa shape index (κ3) is 3.85. The molecule has 0 unspecified atom stereocenters. The molecule has 26 heavy (non-hydrogen) atoms. The molecule has 0 radical (unpaired) electrons. The maximum Gasteiger partial charge on any atom is 0.294 e. The van der Waals surface area contributed by atoms with Gasteiger partial charge in [0.25, 0.3) is 5.56 Å². The molecule has 0 aliphatic heterocycles. The number of para-hydroxylation sites is 1. The summed E-state index contributed by atoms with van der Waals surface area (Å²) in [7, 11) is 2.07. The van der Waals surface area contributed by atoms with E-state index in [0.29, 0.717) is 12.4 Å². The molecule has 0 saturated heterocycles. The Hall–Kier alpha value is -2.89. The Kier molecular flexibility index (Phi) is 5.51. The molecule has 6 nitrogen and oxygen atoms in total. The first-order valence-electron chi connectivity index (χ1n) is 8.94. The standard InChI is InChI=1S/C20H25N5O/c1-15(2)25-18-14-21-12-10-17(18)23-19(20(25)26)22-11-7-13-24(3)16-8-5-4-6-9-16/h4-6,8-10,12,14-15H,7,11,13H2,1-3H3,(H,22,23). The SMILES string of the molecule is CC(C)n1c(=O)c(NCCCN(C)c2ccccc2)nc2ccncc21. The van der Waals surface area contributed by atoms with Crippen LogP contribution in [0.2, 0.25) is 0 Å². The molecule has 0 bridgehead atoms. The summed E-state index contributed by atoms with van der Waals surface area (Å²) in [6, 6.07) is 12.1. The van der Waals surface area contributed by atoms with Gasteiger partial charge < -0.3 is 10.2 Å². The van der Waals surface area contributed by atoms with Gasteiger partial charge in [-0.15, -0.1) is 0 Å². The summed E-state index contributed by atoms with van der Waals surface area (Å²) in [5, 5.41) is 3.22. The number of fused-ring (bicyclic) bond motifs is 1. The van der Waals surface area contributed by atoms with Gasteiger partial charge in [-0.2, -0.15) is 0 Å². The Morgan fingerprint density at radius 2 is 1.96 bits per heavy atom. The smallest absolute Gasteiger partial charge is 0.294 e. The third-order valence-electron chi connectivity index (χ3n) is 4.37. The monoisotopic (exact) mass is 351 g/mol. The predicted molar refractivity (Wildman–Crippen MR) is 107 cm³/mol. The van der Waals surface area contributed by atoms with Gasteiger partial charge in [-0.25, -0.2) is 4.98 Å². The van der Waals surface area contributed by atoms with Crippen LogP contribution >= 0.6 is 0 Å². The summed E-state index contributed by atoms with van der Waals surface area (Å²) in [5.41, 5.74) is 2.63. The van der Waals surface area contributed by atoms with Crippen molar-refractivity contribution in [3.63, 3.8) is 0 Å². The molecule has 0 saturated carbocycles. The zero-order valence-electron chi connectivity index (χ0n) is 15.5. The normalized spacial score (nSPS) is 11.1. The Morgan fingerprint density at radius 1 is 1.19 bits per heavy atom. The first-order valence-corrected chi connectivity index (χ1v) is 8.94. The molecule has 0 amide bonds. The van der Waals surface area contributed by atoms with E-state index in [1.54, 1.807) is 17.0 Å². The van der Waals surface area contributed by atoms with Gasteiger partial charge in [-0.1, -0.05) is 18.2 Å². The van der Waals surface area contributed by atoms with Crippen molar-refractivity contribution in [1.82, 2.24) is 14.5 Å². The van der Waals surface area contributed by atoms with Crippen molar-refractivity contribution in [1.29, 1.82) is 0 Å². The summed E-state index contributed by atoms with van der Waals surface area (Å²) >= 11 is 0. The summed E-state index contributed by atoms with van der Waals surface area (Å²) in [4.78, 5) is 23.6. The van der Waals surface area contributed by atoms with Gasteiger partial charge in [0.2, 0.25) is 0 Å². The van der Waals surface area contributed by atoms with E-state index < -0.39 is 0 Å². The number of nitrogens with one attached hydrogen (secondary N) is 1. The maximum absolute atomic E-state index is 12.8. The van der Waals surface area contributed by atoms with E-state index in [9.17, 15) is 4.79 Å². The number of anilines is 2. The molecule has 0 aliphatic carbocycles. The van der Waals surface area contributed by atoms with E-state index in [0.717, 1.165) is 24.0 Å². The van der Waals surface area contributed by atoms with Gasteiger partial charge in [0.05, 0.1) is 17.2 Å². The van der Waals surface area contributed by atoms with Crippen molar-refractivity contribution < 1.29 is 0 Å². The molecule has 2 aromatic heterocycles. The topological polar surface area (TPSA) is 63.1 Å². The Balaban J connectivity index is 1.69. The number of benzene rings is 1. The Labute approximate surface area is 153 Å². The van der Waals surface area contributed by atoms with E-state index in [4.69, 9.17) is 0 Å². The van der Waals surface area contributed by atoms with Gasteiger partial charge in [0, 0.05) is 38.1 Å². The van der Waals surface area contributed by atoms with Crippen molar-refractivity contribution in [3.05, 3.63) is 59.1 Å². The largest absolute Gasteiger partial charge is 0.375 e. The van der Waals surface area contributed by atoms with Crippen LogP contribution in [0.1, 0.15) is 26.3 Å². The minimum absolute atomic E-state index is 0.0435. The fourth-order valence-corrected chi connectivity index (χ4v) is 3.01. The predicted octanol–water partition coefficient (Wildman–Crippen LogP) is 3.31. The van der Waals surface area contributed by atoms with E-state index in [1.807, 2.05) is 38.1 Å². The lowest BCUT2D eigenvalue weighted by molar-refractivity contribution is 0.598. The van der Waals surface area contributed by atoms with Gasteiger partial charge >= 0.3 is 0 Å². The fraction of sp³-hybridized carbons (Fsp3) is 0.350. The highest BCUT2D eigenvalue weighted by Gasteiger charge is 2.13. The van der Waals surface area contributed by atoms with Crippen LogP contribution in [0.15, 0.2) is 53.6 Å². The molecule has 0 fully saturated rings. The molecule has 1 N–H and O–H groups in total. The molecular weight excluding hydrogens is 326 g/mol. The van der Waals surface area contributed by atoms with Crippen LogP contribution in [-0.2, 0) is 0 Å². The highest BCUT2D eigenvalue weighted by molar-refractivity contribution is 5.75. The number of hydrogen-bond donors (Lipinski definition) is 1. The number of aromatic nitrogens is 3. The van der Waals surface area contributed by atoms with Gasteiger partial charge in [0.15, 0.2) is 5.82 Å². The first-order chi connectivity index (χ1) is 12.6. The summed E-state index contributed by atoms with van der Waals surface area (Å²) < 4.78 is 1.74. The van der Waals surface area contributed by atoms with Crippen molar-refractivity contribution in [2.24, 2.45) is 0 Å². The molecular formula is C20H25N5O. The molecule has 3 aromatic rings. The molecule has 0 aliphatic rings. The number of nitrogens with zero attached hydrogens (tertiary/aromatic N) is 4. The van der Waals surface area contributed by atoms with Crippen LogP contribution in [0.4, 0.5) is 11.5 Å². The quantitative estimate of drug-likeness (QED) is 0.662. The molecule has 0 spiro atoms. The van der Waals surface area contributed by atoms with Crippen LogP contribution < -0.4 is 15.8 Å². The lowest BCUT2D eigenvalue weighted by atomic mass is 10.3. The molecule has 136 valence electrons. The van der Waals surface area contributed by atoms with E-state index >= 15 is 0 Å². The van der Waals surface area contributed by atoms with Crippen LogP contribution in [0, 0.1) is 0 Å². The molecule has 1 aromatic carbocycles.